The summed E-state index contributed by atoms with van der Waals surface area (Å²) in [7, 11) is 0. The Morgan fingerprint density at radius 1 is 1.38 bits per heavy atom. The first-order chi connectivity index (χ1) is 6.27. The van der Waals surface area contributed by atoms with Crippen LogP contribution >= 0.6 is 11.3 Å². The molecular formula is C9H9N3S. The Bertz CT molecular complexity index is 408. The second kappa shape index (κ2) is 3.14. The molecule has 0 fully saturated rings. The van der Waals surface area contributed by atoms with Gasteiger partial charge in [-0.2, -0.15) is 0 Å². The van der Waals surface area contributed by atoms with Crippen molar-refractivity contribution in [3.8, 4) is 10.6 Å². The highest BCUT2D eigenvalue weighted by Gasteiger charge is 2.07. The summed E-state index contributed by atoms with van der Waals surface area (Å²) in [5, 5.41) is 0.596. The van der Waals surface area contributed by atoms with Gasteiger partial charge >= 0.3 is 0 Å². The number of anilines is 1. The first kappa shape index (κ1) is 8.19. The normalized spacial score (nSPS) is 10.2. The van der Waals surface area contributed by atoms with E-state index in [1.807, 2.05) is 25.1 Å². The smallest absolute Gasteiger partial charge is 0.180 e. The van der Waals surface area contributed by atoms with E-state index in [0.29, 0.717) is 5.13 Å². The van der Waals surface area contributed by atoms with Gasteiger partial charge in [-0.3, -0.25) is 4.98 Å². The van der Waals surface area contributed by atoms with Gasteiger partial charge in [-0.1, -0.05) is 17.4 Å². The Kier molecular flexibility index (Phi) is 1.98. The topological polar surface area (TPSA) is 51.8 Å². The molecule has 0 aliphatic rings. The van der Waals surface area contributed by atoms with Gasteiger partial charge in [0.1, 0.15) is 0 Å². The van der Waals surface area contributed by atoms with E-state index in [-0.39, 0.29) is 0 Å². The highest BCUT2D eigenvalue weighted by Crippen LogP contribution is 2.29. The zero-order valence-corrected chi connectivity index (χ0v) is 8.01. The summed E-state index contributed by atoms with van der Waals surface area (Å²) in [4.78, 5) is 9.44. The Morgan fingerprint density at radius 2 is 2.23 bits per heavy atom. The number of hydrogen-bond acceptors (Lipinski definition) is 4. The molecule has 2 rings (SSSR count). The van der Waals surface area contributed by atoms with E-state index in [1.54, 1.807) is 6.20 Å². The number of aryl methyl sites for hydroxylation is 1. The first-order valence-electron chi connectivity index (χ1n) is 3.91. The molecule has 0 aliphatic heterocycles. The van der Waals surface area contributed by atoms with Crippen molar-refractivity contribution in [3.63, 3.8) is 0 Å². The van der Waals surface area contributed by atoms with Crippen molar-refractivity contribution < 1.29 is 0 Å². The van der Waals surface area contributed by atoms with E-state index in [0.717, 1.165) is 16.3 Å². The number of thiazole rings is 1. The third-order valence-corrected chi connectivity index (χ3v) is 2.72. The van der Waals surface area contributed by atoms with Gasteiger partial charge in [0.25, 0.3) is 0 Å². The number of nitrogen functional groups attached to an aromatic ring is 1. The fraction of sp³-hybridized carbons (Fsp3) is 0.111. The van der Waals surface area contributed by atoms with Crippen LogP contribution in [0.2, 0.25) is 0 Å². The summed E-state index contributed by atoms with van der Waals surface area (Å²) >= 11 is 1.47. The van der Waals surface area contributed by atoms with Crippen LogP contribution in [0.5, 0.6) is 0 Å². The average Bonchev–Trinajstić information content (AvgIpc) is 2.47. The predicted octanol–water partition coefficient (Wildman–Crippen LogP) is 2.10. The van der Waals surface area contributed by atoms with Crippen LogP contribution in [0, 0.1) is 6.92 Å². The second-order valence-electron chi connectivity index (χ2n) is 2.68. The lowest BCUT2D eigenvalue weighted by Gasteiger charge is -1.94. The largest absolute Gasteiger partial charge is 0.375 e. The summed E-state index contributed by atoms with van der Waals surface area (Å²) in [6.07, 6.45) is 1.77. The zero-order chi connectivity index (χ0) is 9.26. The minimum absolute atomic E-state index is 0.596. The molecule has 0 radical (unpaired) electrons. The quantitative estimate of drug-likeness (QED) is 0.751. The van der Waals surface area contributed by atoms with Crippen LogP contribution in [0.4, 0.5) is 5.13 Å². The highest BCUT2D eigenvalue weighted by atomic mass is 32.1. The van der Waals surface area contributed by atoms with Crippen molar-refractivity contribution in [3.05, 3.63) is 30.1 Å². The van der Waals surface area contributed by atoms with Gasteiger partial charge < -0.3 is 5.73 Å². The van der Waals surface area contributed by atoms with Gasteiger partial charge in [-0.15, -0.1) is 0 Å². The molecule has 0 aromatic carbocycles. The molecule has 0 saturated carbocycles. The lowest BCUT2D eigenvalue weighted by molar-refractivity contribution is 1.25. The Morgan fingerprint density at radius 3 is 2.77 bits per heavy atom. The minimum atomic E-state index is 0.596. The molecule has 2 aromatic rings. The van der Waals surface area contributed by atoms with Crippen LogP contribution in [0.25, 0.3) is 10.6 Å². The maximum absolute atomic E-state index is 5.60. The van der Waals surface area contributed by atoms with E-state index < -0.39 is 0 Å². The molecule has 0 spiro atoms. The van der Waals surface area contributed by atoms with E-state index >= 15 is 0 Å². The molecular weight excluding hydrogens is 182 g/mol. The lowest BCUT2D eigenvalue weighted by atomic mass is 10.3. The predicted molar refractivity (Wildman–Crippen MR) is 54.5 cm³/mol. The lowest BCUT2D eigenvalue weighted by Crippen LogP contribution is -1.82. The Hall–Kier alpha value is -1.42. The monoisotopic (exact) mass is 191 g/mol. The third-order valence-electron chi connectivity index (χ3n) is 1.71. The molecule has 4 heteroatoms. The fourth-order valence-electron chi connectivity index (χ4n) is 1.15. The molecule has 2 aromatic heterocycles. The maximum Gasteiger partial charge on any atom is 0.180 e. The second-order valence-corrected chi connectivity index (χ2v) is 3.71. The van der Waals surface area contributed by atoms with Crippen LogP contribution in [0.3, 0.4) is 0 Å². The van der Waals surface area contributed by atoms with Gasteiger partial charge in [0.15, 0.2) is 5.13 Å². The van der Waals surface area contributed by atoms with Crippen LogP contribution in [-0.2, 0) is 0 Å². The van der Waals surface area contributed by atoms with Crippen LogP contribution in [0.15, 0.2) is 24.4 Å². The van der Waals surface area contributed by atoms with Crippen molar-refractivity contribution in [2.45, 2.75) is 6.92 Å². The molecule has 2 heterocycles. The highest BCUT2D eigenvalue weighted by molar-refractivity contribution is 7.18. The Labute approximate surface area is 80.3 Å². The standard InChI is InChI=1S/C9H9N3S/c1-6-8(13-9(10)12-6)7-4-2-3-5-11-7/h2-5H,1H3,(H2,10,12). The van der Waals surface area contributed by atoms with Gasteiger partial charge in [-0.25, -0.2) is 4.98 Å². The average molecular weight is 191 g/mol. The molecule has 3 nitrogen and oxygen atoms in total. The number of nitrogens with two attached hydrogens (primary N) is 1. The van der Waals surface area contributed by atoms with E-state index in [1.165, 1.54) is 11.3 Å². The number of rotatable bonds is 1. The number of pyridine rings is 1. The molecule has 66 valence electrons. The molecule has 2 N–H and O–H groups in total. The summed E-state index contributed by atoms with van der Waals surface area (Å²) in [6, 6.07) is 5.81. The number of aromatic nitrogens is 2. The SMILES string of the molecule is Cc1nc(N)sc1-c1ccccn1. The van der Waals surface area contributed by atoms with Gasteiger partial charge in [0, 0.05) is 6.20 Å². The molecule has 0 amide bonds. The molecule has 0 saturated heterocycles. The Balaban J connectivity index is 2.53. The molecule has 0 atom stereocenters. The van der Waals surface area contributed by atoms with Crippen LogP contribution < -0.4 is 5.73 Å². The zero-order valence-electron chi connectivity index (χ0n) is 7.19. The van der Waals surface area contributed by atoms with Gasteiger partial charge in [0.2, 0.25) is 0 Å². The van der Waals surface area contributed by atoms with E-state index in [9.17, 15) is 0 Å². The molecule has 0 bridgehead atoms. The van der Waals surface area contributed by atoms with Gasteiger partial charge in [-0.05, 0) is 19.1 Å². The molecule has 0 aliphatic carbocycles. The van der Waals surface area contributed by atoms with Crippen LogP contribution in [0.1, 0.15) is 5.69 Å². The summed E-state index contributed by atoms with van der Waals surface area (Å²) in [5.41, 5.74) is 7.48. The minimum Gasteiger partial charge on any atom is -0.375 e. The van der Waals surface area contributed by atoms with Crippen molar-refractivity contribution in [1.82, 2.24) is 9.97 Å². The van der Waals surface area contributed by atoms with Crippen molar-refractivity contribution in [2.24, 2.45) is 0 Å². The third kappa shape index (κ3) is 1.53. The van der Waals surface area contributed by atoms with E-state index in [2.05, 4.69) is 9.97 Å². The molecule has 13 heavy (non-hydrogen) atoms. The molecule has 0 unspecified atom stereocenters. The summed E-state index contributed by atoms with van der Waals surface area (Å²) < 4.78 is 0. The number of hydrogen-bond donors (Lipinski definition) is 1. The van der Waals surface area contributed by atoms with Crippen molar-refractivity contribution in [2.75, 3.05) is 5.73 Å². The maximum atomic E-state index is 5.60. The van der Waals surface area contributed by atoms with Crippen molar-refractivity contribution in [1.29, 1.82) is 0 Å². The van der Waals surface area contributed by atoms with E-state index in [4.69, 9.17) is 5.73 Å². The number of nitrogens with zero attached hydrogens (tertiary/aromatic N) is 2. The van der Waals surface area contributed by atoms with Gasteiger partial charge in [0.05, 0.1) is 16.3 Å². The van der Waals surface area contributed by atoms with Crippen LogP contribution in [-0.4, -0.2) is 9.97 Å². The fourth-order valence-corrected chi connectivity index (χ4v) is 1.96. The summed E-state index contributed by atoms with van der Waals surface area (Å²) in [5.74, 6) is 0. The first-order valence-corrected chi connectivity index (χ1v) is 4.73. The summed E-state index contributed by atoms with van der Waals surface area (Å²) in [6.45, 7) is 1.94. The van der Waals surface area contributed by atoms with Crippen molar-refractivity contribution >= 4 is 16.5 Å².